The van der Waals surface area contributed by atoms with Crippen molar-refractivity contribution in [3.05, 3.63) is 33.2 Å². The predicted molar refractivity (Wildman–Crippen MR) is 70.7 cm³/mol. The minimum absolute atomic E-state index is 0.0515. The van der Waals surface area contributed by atoms with E-state index in [-0.39, 0.29) is 5.56 Å². The topological polar surface area (TPSA) is 22.0 Å². The van der Waals surface area contributed by atoms with E-state index in [0.717, 1.165) is 25.1 Å². The van der Waals surface area contributed by atoms with Crippen molar-refractivity contribution in [2.45, 2.75) is 26.3 Å². The van der Waals surface area contributed by atoms with E-state index >= 15 is 0 Å². The Balaban J connectivity index is 2.58. The van der Waals surface area contributed by atoms with E-state index in [9.17, 15) is 4.79 Å². The van der Waals surface area contributed by atoms with Crippen molar-refractivity contribution >= 4 is 28.6 Å². The molecule has 0 bridgehead atoms. The zero-order valence-corrected chi connectivity index (χ0v) is 11.3. The summed E-state index contributed by atoms with van der Waals surface area (Å²) in [5, 5.41) is 0. The molecule has 1 rings (SSSR count). The summed E-state index contributed by atoms with van der Waals surface area (Å²) >= 11 is 7.44. The number of hydrogen-bond acceptors (Lipinski definition) is 2. The molecule has 0 saturated carbocycles. The monoisotopic (exact) mass is 289 g/mol. The standard InChI is InChI=1S/C11H16BrNOS/c1-9(5-8-15)4-7-13-6-2-3-10(12)11(13)14/h2-3,6,9,15H,4-5,7-8H2,1H3. The fourth-order valence-electron chi connectivity index (χ4n) is 1.41. The minimum atomic E-state index is 0.0515. The number of halogens is 1. The third-order valence-corrected chi connectivity index (χ3v) is 3.32. The lowest BCUT2D eigenvalue weighted by Crippen LogP contribution is -2.20. The molecular formula is C11H16BrNOS. The van der Waals surface area contributed by atoms with Crippen LogP contribution in [-0.4, -0.2) is 10.3 Å². The average Bonchev–Trinajstić information content (AvgIpc) is 2.21. The molecule has 0 spiro atoms. The van der Waals surface area contributed by atoms with Gasteiger partial charge in [0.25, 0.3) is 5.56 Å². The molecule has 1 aromatic heterocycles. The Morgan fingerprint density at radius 3 is 2.93 bits per heavy atom. The Morgan fingerprint density at radius 1 is 1.53 bits per heavy atom. The molecule has 0 saturated heterocycles. The number of rotatable bonds is 5. The van der Waals surface area contributed by atoms with Gasteiger partial charge >= 0.3 is 0 Å². The van der Waals surface area contributed by atoms with Crippen molar-refractivity contribution in [3.8, 4) is 0 Å². The molecule has 0 radical (unpaired) electrons. The fourth-order valence-corrected chi connectivity index (χ4v) is 2.23. The Labute approximate surface area is 104 Å². The molecule has 0 amide bonds. The average molecular weight is 290 g/mol. The lowest BCUT2D eigenvalue weighted by atomic mass is 10.1. The van der Waals surface area contributed by atoms with E-state index in [1.54, 1.807) is 10.6 Å². The minimum Gasteiger partial charge on any atom is -0.315 e. The van der Waals surface area contributed by atoms with E-state index in [4.69, 9.17) is 0 Å². The largest absolute Gasteiger partial charge is 0.315 e. The maximum atomic E-state index is 11.6. The van der Waals surface area contributed by atoms with Gasteiger partial charge < -0.3 is 4.57 Å². The maximum absolute atomic E-state index is 11.6. The van der Waals surface area contributed by atoms with Gasteiger partial charge in [0.05, 0.1) is 4.47 Å². The molecule has 0 fully saturated rings. The van der Waals surface area contributed by atoms with E-state index in [2.05, 4.69) is 35.5 Å². The van der Waals surface area contributed by atoms with E-state index in [1.165, 1.54) is 0 Å². The van der Waals surface area contributed by atoms with Gasteiger partial charge in [-0.1, -0.05) is 6.92 Å². The van der Waals surface area contributed by atoms with Crippen LogP contribution in [0.25, 0.3) is 0 Å². The predicted octanol–water partition coefficient (Wildman–Crippen LogP) is 2.96. The molecule has 0 aliphatic heterocycles. The summed E-state index contributed by atoms with van der Waals surface area (Å²) < 4.78 is 2.38. The molecule has 1 unspecified atom stereocenters. The number of hydrogen-bond donors (Lipinski definition) is 1. The third-order valence-electron chi connectivity index (χ3n) is 2.46. The number of nitrogens with zero attached hydrogens (tertiary/aromatic N) is 1. The smallest absolute Gasteiger partial charge is 0.264 e. The van der Waals surface area contributed by atoms with Gasteiger partial charge in [-0.25, -0.2) is 0 Å². The highest BCUT2D eigenvalue weighted by Crippen LogP contribution is 2.09. The Morgan fingerprint density at radius 2 is 2.27 bits per heavy atom. The summed E-state index contributed by atoms with van der Waals surface area (Å²) in [6, 6.07) is 3.66. The number of aromatic nitrogens is 1. The van der Waals surface area contributed by atoms with Crippen molar-refractivity contribution in [2.75, 3.05) is 5.75 Å². The van der Waals surface area contributed by atoms with Gasteiger partial charge in [0.2, 0.25) is 0 Å². The quantitative estimate of drug-likeness (QED) is 0.827. The lowest BCUT2D eigenvalue weighted by Gasteiger charge is -2.11. The summed E-state index contributed by atoms with van der Waals surface area (Å²) in [4.78, 5) is 11.6. The molecule has 15 heavy (non-hydrogen) atoms. The highest BCUT2D eigenvalue weighted by Gasteiger charge is 2.03. The van der Waals surface area contributed by atoms with Gasteiger partial charge in [-0.2, -0.15) is 12.6 Å². The molecule has 0 aliphatic carbocycles. The fraction of sp³-hybridized carbons (Fsp3) is 0.545. The van der Waals surface area contributed by atoms with Crippen LogP contribution in [0.1, 0.15) is 19.8 Å². The van der Waals surface area contributed by atoms with Crippen molar-refractivity contribution < 1.29 is 0 Å². The Bertz CT molecular complexity index is 364. The molecule has 0 aliphatic rings. The summed E-state index contributed by atoms with van der Waals surface area (Å²) in [6.45, 7) is 2.98. The molecule has 84 valence electrons. The van der Waals surface area contributed by atoms with Crippen LogP contribution in [0.4, 0.5) is 0 Å². The summed E-state index contributed by atoms with van der Waals surface area (Å²) in [7, 11) is 0. The van der Waals surface area contributed by atoms with Crippen LogP contribution in [0.3, 0.4) is 0 Å². The first-order valence-corrected chi connectivity index (χ1v) is 6.53. The third kappa shape index (κ3) is 4.03. The second-order valence-electron chi connectivity index (χ2n) is 3.76. The van der Waals surface area contributed by atoms with Gasteiger partial charge in [-0.3, -0.25) is 4.79 Å². The van der Waals surface area contributed by atoms with E-state index < -0.39 is 0 Å². The summed E-state index contributed by atoms with van der Waals surface area (Å²) in [6.07, 6.45) is 3.96. The van der Waals surface area contributed by atoms with Gasteiger partial charge in [0, 0.05) is 12.7 Å². The highest BCUT2D eigenvalue weighted by atomic mass is 79.9. The highest BCUT2D eigenvalue weighted by molar-refractivity contribution is 9.10. The maximum Gasteiger partial charge on any atom is 0.264 e. The van der Waals surface area contributed by atoms with Crippen LogP contribution in [0, 0.1) is 5.92 Å². The van der Waals surface area contributed by atoms with Crippen LogP contribution < -0.4 is 5.56 Å². The lowest BCUT2D eigenvalue weighted by molar-refractivity contribution is 0.465. The Kier molecular flexibility index (Phi) is 5.47. The molecule has 1 aromatic rings. The van der Waals surface area contributed by atoms with Gasteiger partial charge in [-0.15, -0.1) is 0 Å². The Hall–Kier alpha value is -0.220. The van der Waals surface area contributed by atoms with Crippen LogP contribution in [0.2, 0.25) is 0 Å². The SMILES string of the molecule is CC(CCS)CCn1cccc(Br)c1=O. The van der Waals surface area contributed by atoms with Crippen LogP contribution >= 0.6 is 28.6 Å². The summed E-state index contributed by atoms with van der Waals surface area (Å²) in [5.41, 5.74) is 0.0515. The van der Waals surface area contributed by atoms with Gasteiger partial charge in [0.15, 0.2) is 0 Å². The van der Waals surface area contributed by atoms with Gasteiger partial charge in [-0.05, 0) is 52.6 Å². The van der Waals surface area contributed by atoms with Crippen LogP contribution in [0.5, 0.6) is 0 Å². The second-order valence-corrected chi connectivity index (χ2v) is 5.06. The molecule has 1 atom stereocenters. The first kappa shape index (κ1) is 12.8. The zero-order valence-electron chi connectivity index (χ0n) is 8.82. The van der Waals surface area contributed by atoms with Gasteiger partial charge in [0.1, 0.15) is 0 Å². The zero-order chi connectivity index (χ0) is 11.3. The number of aryl methyl sites for hydroxylation is 1. The van der Waals surface area contributed by atoms with Crippen molar-refractivity contribution in [3.63, 3.8) is 0 Å². The number of thiol groups is 1. The second kappa shape index (κ2) is 6.38. The van der Waals surface area contributed by atoms with Crippen molar-refractivity contribution in [1.82, 2.24) is 4.57 Å². The number of pyridine rings is 1. The van der Waals surface area contributed by atoms with Crippen LogP contribution in [-0.2, 0) is 6.54 Å². The van der Waals surface area contributed by atoms with Crippen molar-refractivity contribution in [1.29, 1.82) is 0 Å². The molecule has 1 heterocycles. The molecule has 0 aromatic carbocycles. The van der Waals surface area contributed by atoms with E-state index in [0.29, 0.717) is 10.4 Å². The molecule has 2 nitrogen and oxygen atoms in total. The van der Waals surface area contributed by atoms with Crippen molar-refractivity contribution in [2.24, 2.45) is 5.92 Å². The molecule has 0 N–H and O–H groups in total. The first-order chi connectivity index (χ1) is 7.15. The first-order valence-electron chi connectivity index (χ1n) is 5.11. The normalized spacial score (nSPS) is 12.7. The molecule has 4 heteroatoms. The van der Waals surface area contributed by atoms with Crippen LogP contribution in [0.15, 0.2) is 27.6 Å². The molecular weight excluding hydrogens is 274 g/mol. The van der Waals surface area contributed by atoms with E-state index in [1.807, 2.05) is 12.3 Å². The summed E-state index contributed by atoms with van der Waals surface area (Å²) in [5.74, 6) is 1.53.